The van der Waals surface area contributed by atoms with Gasteiger partial charge in [-0.15, -0.1) is 35.7 Å². The van der Waals surface area contributed by atoms with E-state index in [1.807, 2.05) is 66.2 Å². The van der Waals surface area contributed by atoms with Crippen LogP contribution in [0.1, 0.15) is 26.3 Å². The Bertz CT molecular complexity index is 2160. The molecule has 1 aliphatic heterocycles. The molecule has 0 aliphatic carbocycles. The third-order valence-electron chi connectivity index (χ3n) is 7.94. The molecule has 7 aromatic rings. The van der Waals surface area contributed by atoms with Crippen LogP contribution in [0.25, 0.3) is 39.0 Å². The zero-order valence-corrected chi connectivity index (χ0v) is 26.7. The topological polar surface area (TPSA) is 48.1 Å². The van der Waals surface area contributed by atoms with Gasteiger partial charge in [-0.3, -0.25) is 0 Å². The Balaban J connectivity index is 0.00000312. The second-order valence-electron chi connectivity index (χ2n) is 11.8. The van der Waals surface area contributed by atoms with Gasteiger partial charge in [-0.2, -0.15) is 12.1 Å². The fraction of sp³-hybridized carbons (Fsp3) is 0.108. The number of anilines is 2. The van der Waals surface area contributed by atoms with E-state index < -0.39 is 0 Å². The molecule has 6 nitrogen and oxygen atoms in total. The van der Waals surface area contributed by atoms with Crippen molar-refractivity contribution in [2.24, 2.45) is 0 Å². The number of hydrogen-bond acceptors (Lipinski definition) is 4. The first-order valence-corrected chi connectivity index (χ1v) is 14.3. The van der Waals surface area contributed by atoms with Crippen LogP contribution in [0.3, 0.4) is 0 Å². The van der Waals surface area contributed by atoms with Crippen LogP contribution < -0.4 is 9.64 Å². The van der Waals surface area contributed by atoms with Crippen LogP contribution in [-0.4, -0.2) is 19.1 Å². The minimum absolute atomic E-state index is 0. The Morgan fingerprint density at radius 2 is 1.59 bits per heavy atom. The van der Waals surface area contributed by atoms with Crippen molar-refractivity contribution in [3.63, 3.8) is 0 Å². The molecule has 7 heteroatoms. The molecule has 44 heavy (non-hydrogen) atoms. The molecule has 0 N–H and O–H groups in total. The van der Waals surface area contributed by atoms with Crippen LogP contribution in [0.4, 0.5) is 11.4 Å². The summed E-state index contributed by atoms with van der Waals surface area (Å²) in [6, 6.07) is 37.9. The molecule has 220 valence electrons. The molecule has 4 aromatic carbocycles. The minimum Gasteiger partial charge on any atom is -0.509 e. The third kappa shape index (κ3) is 4.67. The minimum atomic E-state index is 0. The molecule has 0 saturated heterocycles. The predicted octanol–water partition coefficient (Wildman–Crippen LogP) is 8.85. The predicted molar refractivity (Wildman–Crippen MR) is 171 cm³/mol. The first-order valence-electron chi connectivity index (χ1n) is 14.3. The second-order valence-corrected chi connectivity index (χ2v) is 11.8. The van der Waals surface area contributed by atoms with Gasteiger partial charge in [-0.1, -0.05) is 74.6 Å². The van der Waals surface area contributed by atoms with Gasteiger partial charge < -0.3 is 23.8 Å². The maximum atomic E-state index is 6.42. The monoisotopic (exact) mass is 753 g/mol. The molecule has 4 heterocycles. The fourth-order valence-electron chi connectivity index (χ4n) is 5.80. The SMILES string of the molecule is CC(C)(C)c1ccnc(-n2c3[c-]c(Oc4[c-]c(N5[CH-]n6ccnc6-c6ccccc65)ccc4)ccc3c3ccccc32)c1.[Pt]. The molecule has 0 saturated carbocycles. The number of aromatic nitrogens is 4. The van der Waals surface area contributed by atoms with E-state index in [9.17, 15) is 0 Å². The Hall–Kier alpha value is -4.80. The quantitative estimate of drug-likeness (QED) is 0.169. The van der Waals surface area contributed by atoms with Gasteiger partial charge in [-0.05, 0) is 59.1 Å². The molecule has 0 radical (unpaired) electrons. The van der Waals surface area contributed by atoms with E-state index in [4.69, 9.17) is 9.72 Å². The van der Waals surface area contributed by atoms with Crippen LogP contribution in [0.5, 0.6) is 11.5 Å². The Morgan fingerprint density at radius 1 is 0.773 bits per heavy atom. The Labute approximate surface area is 270 Å². The number of benzene rings is 4. The molecule has 0 fully saturated rings. The van der Waals surface area contributed by atoms with E-state index in [0.29, 0.717) is 11.5 Å². The molecular formula is C37H28N5OPt-3. The van der Waals surface area contributed by atoms with Crippen LogP contribution in [0, 0.1) is 18.8 Å². The summed E-state index contributed by atoms with van der Waals surface area (Å²) in [4.78, 5) is 11.4. The summed E-state index contributed by atoms with van der Waals surface area (Å²) in [7, 11) is 0. The number of para-hydroxylation sites is 2. The van der Waals surface area contributed by atoms with Crippen molar-refractivity contribution in [3.8, 4) is 28.7 Å². The number of imidazole rings is 1. The Kier molecular flexibility index (Phi) is 6.82. The largest absolute Gasteiger partial charge is 0.509 e. The smallest absolute Gasteiger partial charge is 0.135 e. The van der Waals surface area contributed by atoms with Crippen LogP contribution >= 0.6 is 0 Å². The molecule has 0 atom stereocenters. The Morgan fingerprint density at radius 3 is 2.48 bits per heavy atom. The molecule has 0 amide bonds. The van der Waals surface area contributed by atoms with Crippen molar-refractivity contribution in [2.75, 3.05) is 4.90 Å². The average Bonchev–Trinajstić information content (AvgIpc) is 3.63. The summed E-state index contributed by atoms with van der Waals surface area (Å²) in [5.74, 6) is 2.99. The van der Waals surface area contributed by atoms with Gasteiger partial charge in [0.05, 0.1) is 0 Å². The van der Waals surface area contributed by atoms with Crippen LogP contribution in [0.2, 0.25) is 0 Å². The molecule has 0 spiro atoms. The van der Waals surface area contributed by atoms with Gasteiger partial charge in [0.1, 0.15) is 5.82 Å². The summed E-state index contributed by atoms with van der Waals surface area (Å²) < 4.78 is 10.6. The molecular weight excluding hydrogens is 726 g/mol. The van der Waals surface area contributed by atoms with Gasteiger partial charge in [0.15, 0.2) is 0 Å². The van der Waals surface area contributed by atoms with Crippen LogP contribution in [0.15, 0.2) is 110 Å². The van der Waals surface area contributed by atoms with Gasteiger partial charge in [-0.25, -0.2) is 4.98 Å². The summed E-state index contributed by atoms with van der Waals surface area (Å²) in [5, 5.41) is 2.24. The number of hydrogen-bond donors (Lipinski definition) is 0. The first kappa shape index (κ1) is 28.0. The summed E-state index contributed by atoms with van der Waals surface area (Å²) >= 11 is 0. The number of pyridine rings is 1. The van der Waals surface area contributed by atoms with E-state index >= 15 is 0 Å². The maximum absolute atomic E-state index is 6.42. The second kappa shape index (κ2) is 10.7. The molecule has 0 bridgehead atoms. The van der Waals surface area contributed by atoms with Crippen molar-refractivity contribution < 1.29 is 25.8 Å². The van der Waals surface area contributed by atoms with Gasteiger partial charge >= 0.3 is 0 Å². The molecule has 3 aromatic heterocycles. The number of nitrogens with zero attached hydrogens (tertiary/aromatic N) is 5. The van der Waals surface area contributed by atoms with E-state index in [-0.39, 0.29) is 26.5 Å². The van der Waals surface area contributed by atoms with Crippen LogP contribution in [-0.2, 0) is 26.5 Å². The van der Waals surface area contributed by atoms with Gasteiger partial charge in [0.25, 0.3) is 0 Å². The maximum Gasteiger partial charge on any atom is 0.135 e. The standard InChI is InChI=1S/C37H28N5O.Pt/c1-37(2,3)25-17-18-38-35(21-25)42-33-14-7-4-11-29(33)30-16-15-28(23-34(30)42)43-27-10-8-9-26(22-27)41-24-40-20-19-39-36(40)31-12-5-6-13-32(31)41;/h4-21,24H,1-3H3;/q-3;. The third-order valence-corrected chi connectivity index (χ3v) is 7.94. The summed E-state index contributed by atoms with van der Waals surface area (Å²) in [6.45, 7) is 8.68. The van der Waals surface area contributed by atoms with E-state index in [1.54, 1.807) is 0 Å². The summed E-state index contributed by atoms with van der Waals surface area (Å²) in [5.41, 5.74) is 6.18. The summed E-state index contributed by atoms with van der Waals surface area (Å²) in [6.07, 6.45) is 5.66. The van der Waals surface area contributed by atoms with E-state index in [0.717, 1.165) is 50.4 Å². The van der Waals surface area contributed by atoms with Crippen molar-refractivity contribution in [1.82, 2.24) is 19.1 Å². The zero-order valence-electron chi connectivity index (χ0n) is 24.4. The number of rotatable bonds is 4. The van der Waals surface area contributed by atoms with Gasteiger partial charge in [0, 0.05) is 55.8 Å². The molecule has 1 aliphatic rings. The molecule has 8 rings (SSSR count). The first-order chi connectivity index (χ1) is 20.9. The van der Waals surface area contributed by atoms with Crippen molar-refractivity contribution in [1.29, 1.82) is 0 Å². The van der Waals surface area contributed by atoms with E-state index in [2.05, 4.69) is 102 Å². The number of ether oxygens (including phenoxy) is 1. The van der Waals surface area contributed by atoms with Gasteiger partial charge in [0.2, 0.25) is 0 Å². The molecule has 0 unspecified atom stereocenters. The van der Waals surface area contributed by atoms with Crippen molar-refractivity contribution in [3.05, 3.63) is 134 Å². The van der Waals surface area contributed by atoms with E-state index in [1.165, 1.54) is 5.56 Å². The van der Waals surface area contributed by atoms with Crippen molar-refractivity contribution in [2.45, 2.75) is 26.2 Å². The fourth-order valence-corrected chi connectivity index (χ4v) is 5.80. The average molecular weight is 754 g/mol. The normalized spacial score (nSPS) is 12.4. The zero-order chi connectivity index (χ0) is 29.1. The van der Waals surface area contributed by atoms with Crippen molar-refractivity contribution >= 4 is 33.2 Å². The number of fused-ring (bicyclic) bond motifs is 6.